The smallest absolute Gasteiger partial charge is 0.335 e. The summed E-state index contributed by atoms with van der Waals surface area (Å²) in [7, 11) is 1.39. The second kappa shape index (κ2) is 5.19. The third-order valence-electron chi connectivity index (χ3n) is 1.75. The number of rotatable bonds is 5. The van der Waals surface area contributed by atoms with Crippen LogP contribution in [-0.2, 0) is 0 Å². The Morgan fingerprint density at radius 3 is 2.73 bits per heavy atom. The van der Waals surface area contributed by atoms with Crippen LogP contribution in [0.5, 0.6) is 11.5 Å². The Morgan fingerprint density at radius 2 is 2.20 bits per heavy atom. The molecule has 0 unspecified atom stereocenters. The maximum Gasteiger partial charge on any atom is 0.335 e. The number of alkyl halides is 1. The van der Waals surface area contributed by atoms with Crippen molar-refractivity contribution in [3.63, 3.8) is 0 Å². The van der Waals surface area contributed by atoms with E-state index in [1.54, 1.807) is 0 Å². The van der Waals surface area contributed by atoms with Gasteiger partial charge in [0.2, 0.25) is 0 Å². The first-order valence-corrected chi connectivity index (χ1v) is 4.29. The number of carboxylic acid groups (broad SMARTS) is 1. The van der Waals surface area contributed by atoms with Gasteiger partial charge in [-0.2, -0.15) is 0 Å². The minimum atomic E-state index is -1.05. The van der Waals surface area contributed by atoms with Crippen molar-refractivity contribution in [3.05, 3.63) is 23.8 Å². The minimum Gasteiger partial charge on any atom is -0.493 e. The summed E-state index contributed by atoms with van der Waals surface area (Å²) in [6.45, 7) is -0.688. The largest absolute Gasteiger partial charge is 0.493 e. The van der Waals surface area contributed by atoms with Crippen molar-refractivity contribution >= 4 is 5.97 Å². The molecule has 0 spiro atoms. The van der Waals surface area contributed by atoms with Crippen LogP contribution in [-0.4, -0.2) is 31.5 Å². The molecule has 0 aromatic heterocycles. The molecule has 0 saturated carbocycles. The van der Waals surface area contributed by atoms with Gasteiger partial charge < -0.3 is 14.6 Å². The molecule has 0 atom stereocenters. The van der Waals surface area contributed by atoms with Crippen LogP contribution in [0.1, 0.15) is 10.4 Å². The number of benzene rings is 1. The maximum absolute atomic E-state index is 11.9. The molecule has 1 rings (SSSR count). The number of halogens is 1. The molecule has 1 aromatic rings. The van der Waals surface area contributed by atoms with Gasteiger partial charge in [-0.1, -0.05) is 0 Å². The lowest BCUT2D eigenvalue weighted by Crippen LogP contribution is -2.02. The van der Waals surface area contributed by atoms with Crippen molar-refractivity contribution in [2.24, 2.45) is 0 Å². The second-order valence-corrected chi connectivity index (χ2v) is 2.71. The molecule has 15 heavy (non-hydrogen) atoms. The van der Waals surface area contributed by atoms with Crippen LogP contribution in [0.3, 0.4) is 0 Å². The number of methoxy groups -OCH3 is 1. The molecular formula is C10H11FO4. The van der Waals surface area contributed by atoms with Crippen LogP contribution in [0.2, 0.25) is 0 Å². The highest BCUT2D eigenvalue weighted by molar-refractivity contribution is 5.88. The molecule has 82 valence electrons. The summed E-state index contributed by atoms with van der Waals surface area (Å²) < 4.78 is 21.8. The van der Waals surface area contributed by atoms with E-state index in [2.05, 4.69) is 0 Å². The number of carboxylic acids is 1. The van der Waals surface area contributed by atoms with E-state index in [-0.39, 0.29) is 17.9 Å². The Kier molecular flexibility index (Phi) is 3.91. The molecule has 0 aliphatic heterocycles. The topological polar surface area (TPSA) is 55.8 Å². The Balaban J connectivity index is 2.93. The molecule has 0 radical (unpaired) electrons. The normalized spacial score (nSPS) is 9.73. The van der Waals surface area contributed by atoms with Crippen molar-refractivity contribution in [2.45, 2.75) is 0 Å². The summed E-state index contributed by atoms with van der Waals surface area (Å²) in [6.07, 6.45) is 0. The van der Waals surface area contributed by atoms with Crippen LogP contribution in [0, 0.1) is 0 Å². The zero-order valence-electron chi connectivity index (χ0n) is 8.20. The maximum atomic E-state index is 11.9. The van der Waals surface area contributed by atoms with E-state index in [0.29, 0.717) is 5.75 Å². The molecule has 1 N–H and O–H groups in total. The van der Waals surface area contributed by atoms with Gasteiger partial charge in [0.1, 0.15) is 13.3 Å². The van der Waals surface area contributed by atoms with E-state index >= 15 is 0 Å². The molecule has 0 fully saturated rings. The van der Waals surface area contributed by atoms with E-state index in [4.69, 9.17) is 14.6 Å². The molecule has 1 aromatic carbocycles. The lowest BCUT2D eigenvalue weighted by Gasteiger charge is -2.09. The average Bonchev–Trinajstić information content (AvgIpc) is 2.25. The van der Waals surface area contributed by atoms with E-state index in [9.17, 15) is 9.18 Å². The van der Waals surface area contributed by atoms with Gasteiger partial charge >= 0.3 is 5.97 Å². The molecule has 0 aliphatic rings. The van der Waals surface area contributed by atoms with Crippen molar-refractivity contribution in [1.82, 2.24) is 0 Å². The van der Waals surface area contributed by atoms with Crippen LogP contribution < -0.4 is 9.47 Å². The summed E-state index contributed by atoms with van der Waals surface area (Å²) in [5.41, 5.74) is 0.0967. The summed E-state index contributed by atoms with van der Waals surface area (Å²) >= 11 is 0. The number of hydrogen-bond acceptors (Lipinski definition) is 3. The fraction of sp³-hybridized carbons (Fsp3) is 0.300. The highest BCUT2D eigenvalue weighted by Crippen LogP contribution is 2.27. The summed E-state index contributed by atoms with van der Waals surface area (Å²) in [4.78, 5) is 10.6. The molecule has 0 amide bonds. The van der Waals surface area contributed by atoms with Gasteiger partial charge in [-0.05, 0) is 18.2 Å². The standard InChI is InChI=1S/C10H11FO4/c1-14-9-6-7(10(12)13)2-3-8(9)15-5-4-11/h2-3,6H,4-5H2,1H3,(H,12,13). The van der Waals surface area contributed by atoms with Crippen molar-refractivity contribution in [2.75, 3.05) is 20.4 Å². The zero-order valence-corrected chi connectivity index (χ0v) is 8.20. The Bertz CT molecular complexity index is 351. The van der Waals surface area contributed by atoms with E-state index in [0.717, 1.165) is 0 Å². The Hall–Kier alpha value is -1.78. The third kappa shape index (κ3) is 2.83. The van der Waals surface area contributed by atoms with E-state index < -0.39 is 12.6 Å². The third-order valence-corrected chi connectivity index (χ3v) is 1.75. The van der Waals surface area contributed by atoms with Gasteiger partial charge in [0.25, 0.3) is 0 Å². The average molecular weight is 214 g/mol. The second-order valence-electron chi connectivity index (χ2n) is 2.71. The Morgan fingerprint density at radius 1 is 1.47 bits per heavy atom. The van der Waals surface area contributed by atoms with Crippen molar-refractivity contribution in [1.29, 1.82) is 0 Å². The van der Waals surface area contributed by atoms with Gasteiger partial charge in [0.05, 0.1) is 12.7 Å². The fourth-order valence-electron chi connectivity index (χ4n) is 1.07. The van der Waals surface area contributed by atoms with Crippen LogP contribution in [0.15, 0.2) is 18.2 Å². The van der Waals surface area contributed by atoms with Gasteiger partial charge in [-0.15, -0.1) is 0 Å². The van der Waals surface area contributed by atoms with Crippen LogP contribution in [0.4, 0.5) is 4.39 Å². The molecule has 0 saturated heterocycles. The first-order valence-electron chi connectivity index (χ1n) is 4.29. The first-order chi connectivity index (χ1) is 7.19. The van der Waals surface area contributed by atoms with E-state index in [1.807, 2.05) is 0 Å². The SMILES string of the molecule is COc1cc(C(=O)O)ccc1OCCF. The summed E-state index contributed by atoms with van der Waals surface area (Å²) in [5, 5.41) is 8.72. The summed E-state index contributed by atoms with van der Waals surface area (Å²) in [5.74, 6) is -0.436. The fourth-order valence-corrected chi connectivity index (χ4v) is 1.07. The lowest BCUT2D eigenvalue weighted by atomic mass is 10.2. The molecule has 5 heteroatoms. The molecule has 0 heterocycles. The van der Waals surface area contributed by atoms with Crippen LogP contribution in [0.25, 0.3) is 0 Å². The Labute approximate surface area is 86.2 Å². The quantitative estimate of drug-likeness (QED) is 0.811. The predicted octanol–water partition coefficient (Wildman–Crippen LogP) is 1.74. The molecule has 0 aliphatic carbocycles. The lowest BCUT2D eigenvalue weighted by molar-refractivity contribution is 0.0696. The van der Waals surface area contributed by atoms with E-state index in [1.165, 1.54) is 25.3 Å². The van der Waals surface area contributed by atoms with Gasteiger partial charge in [0.15, 0.2) is 11.5 Å². The number of ether oxygens (including phenoxy) is 2. The van der Waals surface area contributed by atoms with Gasteiger partial charge in [0, 0.05) is 0 Å². The highest BCUT2D eigenvalue weighted by Gasteiger charge is 2.09. The van der Waals surface area contributed by atoms with Crippen molar-refractivity contribution < 1.29 is 23.8 Å². The highest BCUT2D eigenvalue weighted by atomic mass is 19.1. The first kappa shape index (κ1) is 11.3. The van der Waals surface area contributed by atoms with Crippen LogP contribution >= 0.6 is 0 Å². The minimum absolute atomic E-state index is 0.0806. The molecule has 4 nitrogen and oxygen atoms in total. The molecule has 0 bridgehead atoms. The van der Waals surface area contributed by atoms with Crippen molar-refractivity contribution in [3.8, 4) is 11.5 Å². The predicted molar refractivity (Wildman–Crippen MR) is 51.4 cm³/mol. The van der Waals surface area contributed by atoms with Gasteiger partial charge in [-0.25, -0.2) is 9.18 Å². The van der Waals surface area contributed by atoms with Gasteiger partial charge in [-0.3, -0.25) is 0 Å². The monoisotopic (exact) mass is 214 g/mol. The zero-order chi connectivity index (χ0) is 11.3. The summed E-state index contributed by atoms with van der Waals surface area (Å²) in [6, 6.07) is 4.15. The number of hydrogen-bond donors (Lipinski definition) is 1. The molecular weight excluding hydrogens is 203 g/mol. The number of carbonyl (C=O) groups is 1. The number of aromatic carboxylic acids is 1.